The van der Waals surface area contributed by atoms with E-state index in [4.69, 9.17) is 0 Å². The van der Waals surface area contributed by atoms with Crippen molar-refractivity contribution in [1.82, 2.24) is 9.80 Å². The summed E-state index contributed by atoms with van der Waals surface area (Å²) in [5.74, 6) is 1.16. The zero-order chi connectivity index (χ0) is 18.0. The third-order valence-corrected chi connectivity index (χ3v) is 7.30. The highest BCUT2D eigenvalue weighted by atomic mass is 32.2. The lowest BCUT2D eigenvalue weighted by molar-refractivity contribution is -0.134. The summed E-state index contributed by atoms with van der Waals surface area (Å²) in [6, 6.07) is 6.92. The number of benzene rings is 1. The Morgan fingerprint density at radius 2 is 1.92 bits per heavy atom. The molecule has 0 radical (unpaired) electrons. The van der Waals surface area contributed by atoms with E-state index in [9.17, 15) is 4.79 Å². The topological polar surface area (TPSA) is 23.6 Å². The van der Waals surface area contributed by atoms with Gasteiger partial charge in [-0.2, -0.15) is 0 Å². The van der Waals surface area contributed by atoms with Crippen LogP contribution in [0.1, 0.15) is 51.2 Å². The van der Waals surface area contributed by atoms with Crippen LogP contribution in [0, 0.1) is 12.8 Å². The van der Waals surface area contributed by atoms with Crippen LogP contribution >= 0.6 is 11.8 Å². The molecule has 138 valence electrons. The lowest BCUT2D eigenvalue weighted by Crippen LogP contribution is -2.43. The van der Waals surface area contributed by atoms with Crippen molar-refractivity contribution in [3.05, 3.63) is 29.3 Å². The van der Waals surface area contributed by atoms with E-state index >= 15 is 0 Å². The minimum absolute atomic E-state index is 0.270. The maximum Gasteiger partial charge on any atom is 0.224 e. The Morgan fingerprint density at radius 3 is 2.64 bits per heavy atom. The predicted molar refractivity (Wildman–Crippen MR) is 106 cm³/mol. The van der Waals surface area contributed by atoms with E-state index in [-0.39, 0.29) is 6.04 Å². The van der Waals surface area contributed by atoms with Crippen LogP contribution in [0.15, 0.2) is 23.1 Å². The van der Waals surface area contributed by atoms with Crippen molar-refractivity contribution in [2.75, 3.05) is 19.6 Å². The fraction of sp³-hybridized carbons (Fsp3) is 0.667. The lowest BCUT2D eigenvalue weighted by atomic mass is 9.99. The van der Waals surface area contributed by atoms with Crippen molar-refractivity contribution >= 4 is 17.7 Å². The Hall–Kier alpha value is -1.000. The number of rotatable bonds is 3. The molecule has 0 unspecified atom stereocenters. The fourth-order valence-electron chi connectivity index (χ4n) is 3.82. The number of hydrogen-bond donors (Lipinski definition) is 0. The predicted octanol–water partition coefficient (Wildman–Crippen LogP) is 4.33. The molecule has 0 aromatic heterocycles. The minimum atomic E-state index is 0.270. The average molecular weight is 361 g/mol. The Morgan fingerprint density at radius 1 is 1.20 bits per heavy atom. The van der Waals surface area contributed by atoms with Gasteiger partial charge in [-0.3, -0.25) is 4.79 Å². The molecular formula is C21H32N2OS. The van der Waals surface area contributed by atoms with Gasteiger partial charge in [0.25, 0.3) is 0 Å². The summed E-state index contributed by atoms with van der Waals surface area (Å²) in [6.07, 6.45) is 3.19. The lowest BCUT2D eigenvalue weighted by Gasteiger charge is -2.33. The van der Waals surface area contributed by atoms with Gasteiger partial charge in [0.15, 0.2) is 0 Å². The second-order valence-corrected chi connectivity index (χ2v) is 9.39. The van der Waals surface area contributed by atoms with Crippen molar-refractivity contribution in [2.24, 2.45) is 5.92 Å². The third-order valence-electron chi connectivity index (χ3n) is 5.88. The molecule has 3 nitrogen and oxygen atoms in total. The molecule has 1 aromatic carbocycles. The van der Waals surface area contributed by atoms with Gasteiger partial charge in [-0.1, -0.05) is 31.5 Å². The van der Waals surface area contributed by atoms with Gasteiger partial charge in [0, 0.05) is 35.7 Å². The number of thioether (sulfide) groups is 1. The van der Waals surface area contributed by atoms with E-state index in [0.29, 0.717) is 17.6 Å². The number of hydrogen-bond acceptors (Lipinski definition) is 3. The first-order valence-corrected chi connectivity index (χ1v) is 10.6. The van der Waals surface area contributed by atoms with Gasteiger partial charge in [0.2, 0.25) is 5.91 Å². The number of amides is 1. The van der Waals surface area contributed by atoms with E-state index in [1.807, 2.05) is 11.8 Å². The zero-order valence-electron chi connectivity index (χ0n) is 16.1. The molecule has 1 fully saturated rings. The Labute approximate surface area is 157 Å². The summed E-state index contributed by atoms with van der Waals surface area (Å²) in [6.45, 7) is 12.9. The first-order valence-electron chi connectivity index (χ1n) is 9.72. The van der Waals surface area contributed by atoms with Crippen molar-refractivity contribution in [3.8, 4) is 0 Å². The molecule has 3 rings (SSSR count). The molecule has 2 atom stereocenters. The van der Waals surface area contributed by atoms with E-state index in [1.165, 1.54) is 28.9 Å². The molecule has 4 heteroatoms. The normalized spacial score (nSPS) is 25.5. The summed E-state index contributed by atoms with van der Waals surface area (Å²) in [5.41, 5.74) is 2.58. The van der Waals surface area contributed by atoms with Crippen LogP contribution in [0.25, 0.3) is 0 Å². The van der Waals surface area contributed by atoms with Crippen molar-refractivity contribution < 1.29 is 4.79 Å². The summed E-state index contributed by atoms with van der Waals surface area (Å²) < 4.78 is 0. The van der Waals surface area contributed by atoms with Crippen LogP contribution in [0.5, 0.6) is 0 Å². The maximum atomic E-state index is 13.0. The highest BCUT2D eigenvalue weighted by molar-refractivity contribution is 8.00. The number of carbonyl (C=O) groups is 1. The van der Waals surface area contributed by atoms with E-state index in [0.717, 1.165) is 32.1 Å². The van der Waals surface area contributed by atoms with Gasteiger partial charge in [-0.15, -0.1) is 11.8 Å². The van der Waals surface area contributed by atoms with Gasteiger partial charge in [0.05, 0.1) is 0 Å². The molecule has 1 aromatic rings. The zero-order valence-corrected chi connectivity index (χ0v) is 16.9. The standard InChI is InChI=1S/C21H32N2OS/c1-15-7-10-22(11-8-15)12-9-21(24)23-14-19-13-16(2)5-6-20(19)25-18(4)17(23)3/h5-6,13,15,17-18H,7-12,14H2,1-4H3/t17-,18-/m1/s1. The molecule has 0 N–H and O–H groups in total. The molecule has 0 bridgehead atoms. The summed E-state index contributed by atoms with van der Waals surface area (Å²) in [7, 11) is 0. The van der Waals surface area contributed by atoms with E-state index < -0.39 is 0 Å². The molecule has 2 aliphatic heterocycles. The molecule has 2 aliphatic rings. The quantitative estimate of drug-likeness (QED) is 0.802. The molecule has 1 saturated heterocycles. The summed E-state index contributed by atoms with van der Waals surface area (Å²) in [4.78, 5) is 18.9. The Balaban J connectivity index is 1.65. The van der Waals surface area contributed by atoms with E-state index in [1.54, 1.807) is 0 Å². The van der Waals surface area contributed by atoms with Crippen LogP contribution < -0.4 is 0 Å². The van der Waals surface area contributed by atoms with Gasteiger partial charge in [-0.25, -0.2) is 0 Å². The highest BCUT2D eigenvalue weighted by Crippen LogP contribution is 2.35. The first-order chi connectivity index (χ1) is 11.9. The Bertz CT molecular complexity index is 610. The van der Waals surface area contributed by atoms with Crippen molar-refractivity contribution in [2.45, 2.75) is 69.7 Å². The van der Waals surface area contributed by atoms with Crippen molar-refractivity contribution in [3.63, 3.8) is 0 Å². The smallest absolute Gasteiger partial charge is 0.224 e. The number of piperidine rings is 1. The number of nitrogens with zero attached hydrogens (tertiary/aromatic N) is 2. The van der Waals surface area contributed by atoms with Gasteiger partial charge >= 0.3 is 0 Å². The molecule has 0 saturated carbocycles. The van der Waals surface area contributed by atoms with Crippen LogP contribution in [0.2, 0.25) is 0 Å². The number of carbonyl (C=O) groups excluding carboxylic acids is 1. The first kappa shape index (κ1) is 18.8. The fourth-order valence-corrected chi connectivity index (χ4v) is 4.99. The maximum absolute atomic E-state index is 13.0. The minimum Gasteiger partial charge on any atom is -0.334 e. The van der Waals surface area contributed by atoms with Crippen molar-refractivity contribution in [1.29, 1.82) is 0 Å². The second-order valence-electron chi connectivity index (χ2n) is 7.97. The third kappa shape index (κ3) is 4.59. The number of aryl methyl sites for hydroxylation is 1. The number of likely N-dealkylation sites (tertiary alicyclic amines) is 1. The monoisotopic (exact) mass is 360 g/mol. The molecule has 2 heterocycles. The molecular weight excluding hydrogens is 328 g/mol. The molecule has 25 heavy (non-hydrogen) atoms. The summed E-state index contributed by atoms with van der Waals surface area (Å²) >= 11 is 1.91. The van der Waals surface area contributed by atoms with Crippen LogP contribution in [-0.2, 0) is 11.3 Å². The number of fused-ring (bicyclic) bond motifs is 1. The van der Waals surface area contributed by atoms with Gasteiger partial charge in [0.1, 0.15) is 0 Å². The van der Waals surface area contributed by atoms with Crippen LogP contribution in [0.3, 0.4) is 0 Å². The second kappa shape index (κ2) is 8.13. The van der Waals surface area contributed by atoms with E-state index in [2.05, 4.69) is 55.7 Å². The van der Waals surface area contributed by atoms with Crippen LogP contribution in [0.4, 0.5) is 0 Å². The van der Waals surface area contributed by atoms with Gasteiger partial charge < -0.3 is 9.80 Å². The van der Waals surface area contributed by atoms with Gasteiger partial charge in [-0.05, 0) is 57.3 Å². The molecule has 0 aliphatic carbocycles. The SMILES string of the molecule is Cc1ccc2c(c1)CN(C(=O)CCN1CCC(C)CC1)[C@H](C)[C@@H](C)S2. The van der Waals surface area contributed by atoms with Crippen LogP contribution in [-0.4, -0.2) is 46.6 Å². The summed E-state index contributed by atoms with van der Waals surface area (Å²) in [5, 5.41) is 0.420. The molecule has 1 amide bonds. The molecule has 0 spiro atoms. The Kier molecular flexibility index (Phi) is 6.11. The largest absolute Gasteiger partial charge is 0.334 e. The average Bonchev–Trinajstić information content (AvgIpc) is 2.71. The highest BCUT2D eigenvalue weighted by Gasteiger charge is 2.30.